The van der Waals surface area contributed by atoms with Crippen LogP contribution in [0.1, 0.15) is 38.5 Å². The molecule has 0 heterocycles. The second-order valence-corrected chi connectivity index (χ2v) is 3.18. The van der Waals surface area contributed by atoms with Crippen molar-refractivity contribution < 1.29 is 13.2 Å². The number of alkyl halides is 3. The Morgan fingerprint density at radius 1 is 1.00 bits per heavy atom. The van der Waals surface area contributed by atoms with Crippen molar-refractivity contribution in [1.82, 2.24) is 0 Å². The monoisotopic (exact) mass is 178 g/mol. The first-order valence-electron chi connectivity index (χ1n) is 4.37. The SMILES string of the molecule is FC(F)(F)C1=CCCCCCC1. The van der Waals surface area contributed by atoms with Gasteiger partial charge in [0, 0.05) is 5.57 Å². The summed E-state index contributed by atoms with van der Waals surface area (Å²) in [6.07, 6.45) is 1.68. The molecule has 3 heteroatoms. The van der Waals surface area contributed by atoms with E-state index < -0.39 is 6.18 Å². The van der Waals surface area contributed by atoms with Crippen molar-refractivity contribution in [3.63, 3.8) is 0 Å². The topological polar surface area (TPSA) is 0 Å². The van der Waals surface area contributed by atoms with Crippen molar-refractivity contribution in [3.05, 3.63) is 11.6 Å². The lowest BCUT2D eigenvalue weighted by atomic mass is 10.00. The molecule has 0 unspecified atom stereocenters. The van der Waals surface area contributed by atoms with Crippen molar-refractivity contribution in [2.45, 2.75) is 44.7 Å². The van der Waals surface area contributed by atoms with Crippen LogP contribution < -0.4 is 0 Å². The van der Waals surface area contributed by atoms with E-state index in [1.54, 1.807) is 0 Å². The molecule has 0 saturated carbocycles. The van der Waals surface area contributed by atoms with Gasteiger partial charge >= 0.3 is 6.18 Å². The first kappa shape index (κ1) is 9.62. The van der Waals surface area contributed by atoms with Crippen LogP contribution in [0.4, 0.5) is 13.2 Å². The zero-order valence-electron chi connectivity index (χ0n) is 6.95. The molecule has 0 aliphatic heterocycles. The molecule has 0 radical (unpaired) electrons. The molecule has 1 rings (SSSR count). The lowest BCUT2D eigenvalue weighted by Gasteiger charge is -2.13. The van der Waals surface area contributed by atoms with Gasteiger partial charge in [-0.3, -0.25) is 0 Å². The molecule has 0 aromatic carbocycles. The molecule has 1 aliphatic carbocycles. The number of rotatable bonds is 0. The van der Waals surface area contributed by atoms with E-state index in [4.69, 9.17) is 0 Å². The van der Waals surface area contributed by atoms with Crippen molar-refractivity contribution in [2.24, 2.45) is 0 Å². The fraction of sp³-hybridized carbons (Fsp3) is 0.778. The summed E-state index contributed by atoms with van der Waals surface area (Å²) in [6, 6.07) is 0. The van der Waals surface area contributed by atoms with Crippen LogP contribution in [0.5, 0.6) is 0 Å². The van der Waals surface area contributed by atoms with Crippen LogP contribution in [0, 0.1) is 0 Å². The van der Waals surface area contributed by atoms with E-state index in [1.807, 2.05) is 0 Å². The maximum atomic E-state index is 12.2. The standard InChI is InChI=1S/C9H13F3/c10-9(11,12)8-6-4-2-1-3-5-7-8/h6H,1-5,7H2. The fourth-order valence-electron chi connectivity index (χ4n) is 1.45. The molecule has 0 saturated heterocycles. The number of hydrogen-bond donors (Lipinski definition) is 0. The second kappa shape index (κ2) is 3.97. The molecule has 0 spiro atoms. The minimum Gasteiger partial charge on any atom is -0.166 e. The predicted octanol–water partition coefficient (Wildman–Crippen LogP) is 3.83. The summed E-state index contributed by atoms with van der Waals surface area (Å²) in [5, 5.41) is 0. The van der Waals surface area contributed by atoms with E-state index in [9.17, 15) is 13.2 Å². The Morgan fingerprint density at radius 3 is 2.33 bits per heavy atom. The van der Waals surface area contributed by atoms with Gasteiger partial charge < -0.3 is 0 Å². The summed E-state index contributed by atoms with van der Waals surface area (Å²) in [7, 11) is 0. The van der Waals surface area contributed by atoms with E-state index in [-0.39, 0.29) is 12.0 Å². The van der Waals surface area contributed by atoms with Gasteiger partial charge in [0.2, 0.25) is 0 Å². The molecular weight excluding hydrogens is 165 g/mol. The van der Waals surface area contributed by atoms with Gasteiger partial charge in [0.05, 0.1) is 0 Å². The molecule has 0 aromatic rings. The minimum atomic E-state index is -4.09. The molecular formula is C9H13F3. The molecule has 0 N–H and O–H groups in total. The number of hydrogen-bond acceptors (Lipinski definition) is 0. The number of halogens is 3. The molecule has 0 atom stereocenters. The molecule has 0 amide bonds. The molecule has 12 heavy (non-hydrogen) atoms. The van der Waals surface area contributed by atoms with Crippen LogP contribution in [0.25, 0.3) is 0 Å². The number of allylic oxidation sites excluding steroid dienone is 2. The van der Waals surface area contributed by atoms with Gasteiger partial charge in [-0.2, -0.15) is 13.2 Å². The van der Waals surface area contributed by atoms with Gasteiger partial charge in [0.1, 0.15) is 0 Å². The second-order valence-electron chi connectivity index (χ2n) is 3.18. The Balaban J connectivity index is 2.59. The van der Waals surface area contributed by atoms with E-state index >= 15 is 0 Å². The zero-order valence-corrected chi connectivity index (χ0v) is 6.95. The average Bonchev–Trinajstić information content (AvgIpc) is 1.81. The first-order valence-corrected chi connectivity index (χ1v) is 4.37. The minimum absolute atomic E-state index is 0.212. The van der Waals surface area contributed by atoms with Crippen LogP contribution in [-0.4, -0.2) is 6.18 Å². The van der Waals surface area contributed by atoms with Crippen molar-refractivity contribution in [1.29, 1.82) is 0 Å². The summed E-state index contributed by atoms with van der Waals surface area (Å²) >= 11 is 0. The highest BCUT2D eigenvalue weighted by Crippen LogP contribution is 2.31. The normalized spacial score (nSPS) is 21.1. The molecule has 0 fully saturated rings. The van der Waals surface area contributed by atoms with E-state index in [0.717, 1.165) is 19.3 Å². The Morgan fingerprint density at radius 2 is 1.67 bits per heavy atom. The van der Waals surface area contributed by atoms with Gasteiger partial charge in [0.15, 0.2) is 0 Å². The quantitative estimate of drug-likeness (QED) is 0.494. The van der Waals surface area contributed by atoms with Crippen molar-refractivity contribution in [2.75, 3.05) is 0 Å². The molecule has 0 bridgehead atoms. The largest absolute Gasteiger partial charge is 0.412 e. The fourth-order valence-corrected chi connectivity index (χ4v) is 1.45. The Hall–Kier alpha value is -0.470. The van der Waals surface area contributed by atoms with E-state index in [0.29, 0.717) is 12.8 Å². The molecule has 0 aromatic heterocycles. The van der Waals surface area contributed by atoms with E-state index in [1.165, 1.54) is 6.08 Å². The highest BCUT2D eigenvalue weighted by molar-refractivity contribution is 5.09. The Bertz CT molecular complexity index is 167. The third kappa shape index (κ3) is 2.88. The van der Waals surface area contributed by atoms with Crippen LogP contribution in [-0.2, 0) is 0 Å². The zero-order chi connectivity index (χ0) is 9.03. The summed E-state index contributed by atoms with van der Waals surface area (Å²) in [4.78, 5) is 0. The predicted molar refractivity (Wildman–Crippen MR) is 41.8 cm³/mol. The summed E-state index contributed by atoms with van der Waals surface area (Å²) in [6.45, 7) is 0. The highest BCUT2D eigenvalue weighted by atomic mass is 19.4. The molecule has 1 aliphatic rings. The summed E-state index contributed by atoms with van der Waals surface area (Å²) in [5.74, 6) is 0. The summed E-state index contributed by atoms with van der Waals surface area (Å²) in [5.41, 5.74) is -0.317. The third-order valence-electron chi connectivity index (χ3n) is 2.16. The Kier molecular flexibility index (Phi) is 3.18. The maximum Gasteiger partial charge on any atom is 0.412 e. The van der Waals surface area contributed by atoms with Crippen LogP contribution >= 0.6 is 0 Å². The van der Waals surface area contributed by atoms with Gasteiger partial charge in [-0.05, 0) is 25.7 Å². The lowest BCUT2D eigenvalue weighted by Crippen LogP contribution is -2.12. The lowest BCUT2D eigenvalue weighted by molar-refractivity contribution is -0.0945. The average molecular weight is 178 g/mol. The van der Waals surface area contributed by atoms with Crippen LogP contribution in [0.2, 0.25) is 0 Å². The van der Waals surface area contributed by atoms with Crippen LogP contribution in [0.15, 0.2) is 11.6 Å². The first-order chi connectivity index (χ1) is 5.61. The molecule has 0 nitrogen and oxygen atoms in total. The highest BCUT2D eigenvalue weighted by Gasteiger charge is 2.32. The Labute approximate surface area is 70.5 Å². The van der Waals surface area contributed by atoms with Gasteiger partial charge in [0.25, 0.3) is 0 Å². The molecule has 70 valence electrons. The maximum absolute atomic E-state index is 12.2. The van der Waals surface area contributed by atoms with Gasteiger partial charge in [-0.15, -0.1) is 0 Å². The third-order valence-corrected chi connectivity index (χ3v) is 2.16. The van der Waals surface area contributed by atoms with Crippen LogP contribution in [0.3, 0.4) is 0 Å². The van der Waals surface area contributed by atoms with Crippen molar-refractivity contribution >= 4 is 0 Å². The van der Waals surface area contributed by atoms with Gasteiger partial charge in [-0.25, -0.2) is 0 Å². The van der Waals surface area contributed by atoms with E-state index in [2.05, 4.69) is 0 Å². The summed E-state index contributed by atoms with van der Waals surface area (Å²) < 4.78 is 36.6. The van der Waals surface area contributed by atoms with Gasteiger partial charge in [-0.1, -0.05) is 18.9 Å². The van der Waals surface area contributed by atoms with Crippen molar-refractivity contribution in [3.8, 4) is 0 Å². The smallest absolute Gasteiger partial charge is 0.166 e.